The lowest BCUT2D eigenvalue weighted by Crippen LogP contribution is -2.46. The van der Waals surface area contributed by atoms with E-state index < -0.39 is 0 Å². The van der Waals surface area contributed by atoms with E-state index in [2.05, 4.69) is 24.1 Å². The molecule has 128 valence electrons. The molecule has 0 amide bonds. The molecule has 4 nitrogen and oxygen atoms in total. The van der Waals surface area contributed by atoms with Crippen molar-refractivity contribution in [2.75, 3.05) is 33.3 Å². The number of benzene rings is 1. The topological polar surface area (TPSA) is 44.7 Å². The highest BCUT2D eigenvalue weighted by atomic mass is 35.5. The lowest BCUT2D eigenvalue weighted by Gasteiger charge is -2.38. The predicted octanol–water partition coefficient (Wildman–Crippen LogP) is 3.24. The number of phenolic OH excluding ortho intramolecular Hbond substituents is 1. The molecule has 1 aromatic rings. The first kappa shape index (κ1) is 21.3. The van der Waals surface area contributed by atoms with E-state index in [0.717, 1.165) is 43.9 Å². The molecule has 2 rings (SSSR count). The lowest BCUT2D eigenvalue weighted by atomic mass is 9.90. The Morgan fingerprint density at radius 3 is 2.45 bits per heavy atom. The van der Waals surface area contributed by atoms with E-state index in [9.17, 15) is 5.11 Å². The first-order chi connectivity index (χ1) is 9.67. The fourth-order valence-electron chi connectivity index (χ4n) is 2.94. The molecule has 1 saturated heterocycles. The van der Waals surface area contributed by atoms with Gasteiger partial charge in [-0.05, 0) is 24.1 Å². The molecule has 1 fully saturated rings. The number of piperazine rings is 1. The molecule has 22 heavy (non-hydrogen) atoms. The van der Waals surface area contributed by atoms with E-state index in [4.69, 9.17) is 4.74 Å². The Labute approximate surface area is 146 Å². The van der Waals surface area contributed by atoms with Gasteiger partial charge in [-0.1, -0.05) is 20.3 Å². The van der Waals surface area contributed by atoms with Crippen molar-refractivity contribution in [3.63, 3.8) is 0 Å². The Hall–Kier alpha value is -0.680. The first-order valence-corrected chi connectivity index (χ1v) is 7.49. The smallest absolute Gasteiger partial charge is 0.120 e. The number of hydrogen-bond donors (Lipinski definition) is 2. The monoisotopic (exact) mass is 350 g/mol. The molecule has 1 unspecified atom stereocenters. The summed E-state index contributed by atoms with van der Waals surface area (Å²) >= 11 is 0. The van der Waals surface area contributed by atoms with Crippen molar-refractivity contribution in [2.24, 2.45) is 5.92 Å². The number of rotatable bonds is 5. The van der Waals surface area contributed by atoms with Gasteiger partial charge in [-0.15, -0.1) is 24.8 Å². The van der Waals surface area contributed by atoms with Crippen LogP contribution in [0.25, 0.3) is 0 Å². The first-order valence-electron chi connectivity index (χ1n) is 7.49. The summed E-state index contributed by atoms with van der Waals surface area (Å²) in [5.74, 6) is 1.67. The highest BCUT2D eigenvalue weighted by Crippen LogP contribution is 2.37. The zero-order chi connectivity index (χ0) is 14.5. The van der Waals surface area contributed by atoms with Gasteiger partial charge in [0.2, 0.25) is 0 Å². The number of halogens is 2. The largest absolute Gasteiger partial charge is 0.508 e. The van der Waals surface area contributed by atoms with Gasteiger partial charge < -0.3 is 15.2 Å². The van der Waals surface area contributed by atoms with Crippen molar-refractivity contribution in [3.8, 4) is 11.5 Å². The molecule has 0 aromatic heterocycles. The fraction of sp³-hybridized carbons (Fsp3) is 0.625. The Morgan fingerprint density at radius 2 is 1.91 bits per heavy atom. The molecule has 0 radical (unpaired) electrons. The summed E-state index contributed by atoms with van der Waals surface area (Å²) < 4.78 is 5.32. The maximum atomic E-state index is 10.3. The Balaban J connectivity index is 0.00000220. The van der Waals surface area contributed by atoms with Gasteiger partial charge >= 0.3 is 0 Å². The van der Waals surface area contributed by atoms with Gasteiger partial charge in [0.05, 0.1) is 7.11 Å². The maximum Gasteiger partial charge on any atom is 0.120 e. The minimum Gasteiger partial charge on any atom is -0.508 e. The lowest BCUT2D eigenvalue weighted by molar-refractivity contribution is 0.126. The number of hydrogen-bond acceptors (Lipinski definition) is 4. The molecule has 0 aliphatic carbocycles. The molecule has 2 N–H and O–H groups in total. The van der Waals surface area contributed by atoms with E-state index in [-0.39, 0.29) is 30.9 Å². The molecule has 0 bridgehead atoms. The van der Waals surface area contributed by atoms with Crippen LogP contribution in [0.2, 0.25) is 0 Å². The summed E-state index contributed by atoms with van der Waals surface area (Å²) in [4.78, 5) is 2.47. The van der Waals surface area contributed by atoms with Gasteiger partial charge in [0.15, 0.2) is 0 Å². The SMILES string of the molecule is CCC(C)[C@@H](c1cc(OC)ccc1O)N1CCNCC1.Cl.Cl. The van der Waals surface area contributed by atoms with E-state index in [1.807, 2.05) is 12.1 Å². The van der Waals surface area contributed by atoms with Crippen LogP contribution in [0.3, 0.4) is 0 Å². The number of aromatic hydroxyl groups is 1. The zero-order valence-corrected chi connectivity index (χ0v) is 15.2. The molecule has 2 atom stereocenters. The van der Waals surface area contributed by atoms with E-state index in [1.165, 1.54) is 0 Å². The molecule has 6 heteroatoms. The average Bonchev–Trinajstić information content (AvgIpc) is 2.50. The second-order valence-electron chi connectivity index (χ2n) is 5.54. The molecule has 1 aromatic carbocycles. The molecular formula is C16H28Cl2N2O2. The zero-order valence-electron chi connectivity index (χ0n) is 13.5. The van der Waals surface area contributed by atoms with Crippen LogP contribution < -0.4 is 10.1 Å². The van der Waals surface area contributed by atoms with Crippen molar-refractivity contribution in [1.82, 2.24) is 10.2 Å². The van der Waals surface area contributed by atoms with Gasteiger partial charge in [-0.2, -0.15) is 0 Å². The van der Waals surface area contributed by atoms with Gasteiger partial charge in [-0.3, -0.25) is 4.90 Å². The van der Waals surface area contributed by atoms with Crippen molar-refractivity contribution in [1.29, 1.82) is 0 Å². The number of nitrogens with one attached hydrogen (secondary N) is 1. The third-order valence-electron chi connectivity index (χ3n) is 4.28. The van der Waals surface area contributed by atoms with Gasteiger partial charge in [0.25, 0.3) is 0 Å². The Morgan fingerprint density at radius 1 is 1.27 bits per heavy atom. The van der Waals surface area contributed by atoms with Crippen molar-refractivity contribution in [2.45, 2.75) is 26.3 Å². The predicted molar refractivity (Wildman–Crippen MR) is 95.8 cm³/mol. The van der Waals surface area contributed by atoms with Crippen LogP contribution >= 0.6 is 24.8 Å². The second-order valence-corrected chi connectivity index (χ2v) is 5.54. The third kappa shape index (κ3) is 4.92. The number of methoxy groups -OCH3 is 1. The van der Waals surface area contributed by atoms with Crippen LogP contribution in [0.1, 0.15) is 31.9 Å². The van der Waals surface area contributed by atoms with E-state index in [1.54, 1.807) is 13.2 Å². The third-order valence-corrected chi connectivity index (χ3v) is 4.28. The summed E-state index contributed by atoms with van der Waals surface area (Å²) in [5.41, 5.74) is 0.987. The Kier molecular flexibility index (Phi) is 9.85. The fourth-order valence-corrected chi connectivity index (χ4v) is 2.94. The standard InChI is InChI=1S/C16H26N2O2.2ClH/c1-4-12(2)16(18-9-7-17-8-10-18)14-11-13(20-3)5-6-15(14)19;;/h5-6,11-12,16-17,19H,4,7-10H2,1-3H3;2*1H/t12?,16-;;/m0../s1. The molecule has 0 saturated carbocycles. The minimum absolute atomic E-state index is 0. The van der Waals surface area contributed by atoms with Crippen LogP contribution in [0.4, 0.5) is 0 Å². The molecule has 0 spiro atoms. The summed E-state index contributed by atoms with van der Waals surface area (Å²) in [7, 11) is 1.67. The van der Waals surface area contributed by atoms with E-state index >= 15 is 0 Å². The number of nitrogens with zero attached hydrogens (tertiary/aromatic N) is 1. The maximum absolute atomic E-state index is 10.3. The van der Waals surface area contributed by atoms with Crippen LogP contribution in [0.15, 0.2) is 18.2 Å². The Bertz CT molecular complexity index is 440. The van der Waals surface area contributed by atoms with Gasteiger partial charge in [-0.25, -0.2) is 0 Å². The van der Waals surface area contributed by atoms with Crippen molar-refractivity contribution in [3.05, 3.63) is 23.8 Å². The summed E-state index contributed by atoms with van der Waals surface area (Å²) in [5, 5.41) is 13.7. The quantitative estimate of drug-likeness (QED) is 0.855. The van der Waals surface area contributed by atoms with Crippen molar-refractivity contribution < 1.29 is 9.84 Å². The normalized spacial score (nSPS) is 17.8. The van der Waals surface area contributed by atoms with Gasteiger partial charge in [0.1, 0.15) is 11.5 Å². The highest BCUT2D eigenvalue weighted by Gasteiger charge is 2.28. The molecule has 1 heterocycles. The molecule has 1 aliphatic rings. The summed E-state index contributed by atoms with van der Waals surface area (Å²) in [6.45, 7) is 8.52. The van der Waals surface area contributed by atoms with Crippen LogP contribution in [-0.2, 0) is 0 Å². The molecule has 1 aliphatic heterocycles. The highest BCUT2D eigenvalue weighted by molar-refractivity contribution is 5.85. The number of ether oxygens (including phenoxy) is 1. The number of phenols is 1. The summed E-state index contributed by atoms with van der Waals surface area (Å²) in [6.07, 6.45) is 1.09. The average molecular weight is 351 g/mol. The summed E-state index contributed by atoms with van der Waals surface area (Å²) in [6, 6.07) is 5.78. The molecular weight excluding hydrogens is 323 g/mol. The van der Waals surface area contributed by atoms with E-state index in [0.29, 0.717) is 11.7 Å². The minimum atomic E-state index is 0. The van der Waals surface area contributed by atoms with Crippen molar-refractivity contribution >= 4 is 24.8 Å². The van der Waals surface area contributed by atoms with Crippen LogP contribution in [0, 0.1) is 5.92 Å². The van der Waals surface area contributed by atoms with Crippen LogP contribution in [0.5, 0.6) is 11.5 Å². The van der Waals surface area contributed by atoms with Gasteiger partial charge in [0, 0.05) is 37.8 Å². The van der Waals surface area contributed by atoms with Crippen LogP contribution in [-0.4, -0.2) is 43.3 Å². The second kappa shape index (κ2) is 10.2.